The average Bonchev–Trinajstić information content (AvgIpc) is 2.45. The van der Waals surface area contributed by atoms with Crippen LogP contribution in [0.5, 0.6) is 0 Å². The van der Waals surface area contributed by atoms with E-state index in [0.717, 1.165) is 48.8 Å². The molecule has 5 nitrogen and oxygen atoms in total. The van der Waals surface area contributed by atoms with Crippen molar-refractivity contribution in [2.45, 2.75) is 47.0 Å². The number of anilines is 2. The molecule has 1 aromatic heterocycles. The quantitative estimate of drug-likeness (QED) is 0.648. The Bertz CT molecular complexity index is 409. The second-order valence-electron chi connectivity index (χ2n) is 5.31. The standard InChI is InChI=1S/C15H28N4O/c1-5-7-13-18-14(16-8-6-2)12(4)15(19-13)17-9-11(3)10-20/h11,20H,5-10H2,1-4H3,(H2,16,17,18,19). The maximum atomic E-state index is 9.11. The largest absolute Gasteiger partial charge is 0.396 e. The van der Waals surface area contributed by atoms with Crippen molar-refractivity contribution in [2.75, 3.05) is 30.3 Å². The van der Waals surface area contributed by atoms with Gasteiger partial charge in [0.05, 0.1) is 0 Å². The van der Waals surface area contributed by atoms with Gasteiger partial charge in [-0.25, -0.2) is 9.97 Å². The second kappa shape index (κ2) is 8.74. The SMILES string of the molecule is CCCNc1nc(CCC)nc(NCC(C)CO)c1C. The molecule has 0 radical (unpaired) electrons. The molecule has 1 aromatic rings. The van der Waals surface area contributed by atoms with E-state index >= 15 is 0 Å². The van der Waals surface area contributed by atoms with Crippen LogP contribution in [-0.4, -0.2) is 34.8 Å². The lowest BCUT2D eigenvalue weighted by Crippen LogP contribution is -2.18. The Morgan fingerprint density at radius 1 is 1.10 bits per heavy atom. The van der Waals surface area contributed by atoms with Crippen molar-refractivity contribution in [3.63, 3.8) is 0 Å². The molecule has 3 N–H and O–H groups in total. The van der Waals surface area contributed by atoms with Crippen molar-refractivity contribution in [1.29, 1.82) is 0 Å². The minimum Gasteiger partial charge on any atom is -0.396 e. The van der Waals surface area contributed by atoms with E-state index in [0.29, 0.717) is 6.54 Å². The molecule has 20 heavy (non-hydrogen) atoms. The molecular weight excluding hydrogens is 252 g/mol. The van der Waals surface area contributed by atoms with Crippen LogP contribution in [0.2, 0.25) is 0 Å². The Kier molecular flexibility index (Phi) is 7.30. The van der Waals surface area contributed by atoms with Gasteiger partial charge in [-0.05, 0) is 25.7 Å². The van der Waals surface area contributed by atoms with Crippen molar-refractivity contribution < 1.29 is 5.11 Å². The van der Waals surface area contributed by atoms with Gasteiger partial charge in [0.2, 0.25) is 0 Å². The van der Waals surface area contributed by atoms with E-state index in [1.807, 2.05) is 13.8 Å². The van der Waals surface area contributed by atoms with Crippen molar-refractivity contribution in [3.05, 3.63) is 11.4 Å². The maximum Gasteiger partial charge on any atom is 0.134 e. The average molecular weight is 280 g/mol. The molecule has 0 saturated carbocycles. The first kappa shape index (κ1) is 16.7. The van der Waals surface area contributed by atoms with Crippen LogP contribution in [0.15, 0.2) is 0 Å². The van der Waals surface area contributed by atoms with Gasteiger partial charge in [0, 0.05) is 31.7 Å². The van der Waals surface area contributed by atoms with Crippen LogP contribution in [0.25, 0.3) is 0 Å². The Balaban J connectivity index is 2.91. The summed E-state index contributed by atoms with van der Waals surface area (Å²) in [6, 6.07) is 0. The molecule has 114 valence electrons. The zero-order valence-electron chi connectivity index (χ0n) is 13.2. The van der Waals surface area contributed by atoms with Crippen LogP contribution >= 0.6 is 0 Å². The predicted molar refractivity (Wildman–Crippen MR) is 84.3 cm³/mol. The molecule has 0 bridgehead atoms. The molecule has 1 heterocycles. The van der Waals surface area contributed by atoms with E-state index in [1.165, 1.54) is 0 Å². The van der Waals surface area contributed by atoms with Gasteiger partial charge in [0.15, 0.2) is 0 Å². The van der Waals surface area contributed by atoms with Gasteiger partial charge < -0.3 is 15.7 Å². The molecule has 1 rings (SSSR count). The third-order valence-corrected chi connectivity index (χ3v) is 3.14. The summed E-state index contributed by atoms with van der Waals surface area (Å²) in [5, 5.41) is 15.8. The number of nitrogens with one attached hydrogen (secondary N) is 2. The number of hydrogen-bond donors (Lipinski definition) is 3. The van der Waals surface area contributed by atoms with Gasteiger partial charge in [0.25, 0.3) is 0 Å². The van der Waals surface area contributed by atoms with Crippen molar-refractivity contribution in [3.8, 4) is 0 Å². The Labute approximate surface area is 122 Å². The molecule has 1 atom stereocenters. The lowest BCUT2D eigenvalue weighted by Gasteiger charge is -2.16. The van der Waals surface area contributed by atoms with E-state index in [-0.39, 0.29) is 12.5 Å². The van der Waals surface area contributed by atoms with Gasteiger partial charge in [-0.2, -0.15) is 0 Å². The topological polar surface area (TPSA) is 70.1 Å². The predicted octanol–water partition coefficient (Wildman–Crippen LogP) is 2.60. The van der Waals surface area contributed by atoms with Crippen LogP contribution in [0, 0.1) is 12.8 Å². The van der Waals surface area contributed by atoms with Crippen molar-refractivity contribution in [2.24, 2.45) is 5.92 Å². The molecular formula is C15H28N4O. The number of rotatable bonds is 9. The summed E-state index contributed by atoms with van der Waals surface area (Å²) in [4.78, 5) is 9.19. The first-order valence-corrected chi connectivity index (χ1v) is 7.58. The number of aromatic nitrogens is 2. The summed E-state index contributed by atoms with van der Waals surface area (Å²) in [5.41, 5.74) is 1.04. The van der Waals surface area contributed by atoms with Gasteiger partial charge >= 0.3 is 0 Å². The number of aliphatic hydroxyl groups excluding tert-OH is 1. The normalized spacial score (nSPS) is 12.2. The molecule has 5 heteroatoms. The summed E-state index contributed by atoms with van der Waals surface area (Å²) < 4.78 is 0. The van der Waals surface area contributed by atoms with E-state index in [1.54, 1.807) is 0 Å². The van der Waals surface area contributed by atoms with Crippen molar-refractivity contribution in [1.82, 2.24) is 9.97 Å². The fourth-order valence-corrected chi connectivity index (χ4v) is 1.82. The zero-order valence-corrected chi connectivity index (χ0v) is 13.2. The van der Waals surface area contributed by atoms with E-state index < -0.39 is 0 Å². The molecule has 1 unspecified atom stereocenters. The van der Waals surface area contributed by atoms with Crippen LogP contribution in [0.3, 0.4) is 0 Å². The summed E-state index contributed by atoms with van der Waals surface area (Å²) in [6.45, 7) is 10.1. The highest BCUT2D eigenvalue weighted by Crippen LogP contribution is 2.21. The molecule has 0 spiro atoms. The van der Waals surface area contributed by atoms with Crippen LogP contribution in [0.4, 0.5) is 11.6 Å². The van der Waals surface area contributed by atoms with E-state index in [4.69, 9.17) is 5.11 Å². The minimum atomic E-state index is 0.180. The fourth-order valence-electron chi connectivity index (χ4n) is 1.82. The van der Waals surface area contributed by atoms with Gasteiger partial charge in [0.1, 0.15) is 17.5 Å². The number of nitrogens with zero attached hydrogens (tertiary/aromatic N) is 2. The highest BCUT2D eigenvalue weighted by molar-refractivity contribution is 5.57. The van der Waals surface area contributed by atoms with Gasteiger partial charge in [-0.3, -0.25) is 0 Å². The first-order chi connectivity index (χ1) is 9.62. The molecule has 0 amide bonds. The van der Waals surface area contributed by atoms with E-state index in [9.17, 15) is 0 Å². The Morgan fingerprint density at radius 3 is 2.30 bits per heavy atom. The zero-order chi connectivity index (χ0) is 15.0. The van der Waals surface area contributed by atoms with Crippen LogP contribution in [0.1, 0.15) is 45.0 Å². The van der Waals surface area contributed by atoms with Gasteiger partial charge in [-0.1, -0.05) is 20.8 Å². The molecule has 0 fully saturated rings. The summed E-state index contributed by atoms with van der Waals surface area (Å²) in [5.74, 6) is 2.88. The third-order valence-electron chi connectivity index (χ3n) is 3.14. The second-order valence-corrected chi connectivity index (χ2v) is 5.31. The fraction of sp³-hybridized carbons (Fsp3) is 0.733. The van der Waals surface area contributed by atoms with Crippen LogP contribution < -0.4 is 10.6 Å². The highest BCUT2D eigenvalue weighted by atomic mass is 16.3. The Morgan fingerprint density at radius 2 is 1.75 bits per heavy atom. The molecule has 0 aliphatic rings. The summed E-state index contributed by atoms with van der Waals surface area (Å²) >= 11 is 0. The highest BCUT2D eigenvalue weighted by Gasteiger charge is 2.11. The lowest BCUT2D eigenvalue weighted by atomic mass is 10.2. The third kappa shape index (κ3) is 4.96. The Hall–Kier alpha value is -1.36. The molecule has 0 aliphatic carbocycles. The monoisotopic (exact) mass is 280 g/mol. The number of aliphatic hydroxyl groups is 1. The van der Waals surface area contributed by atoms with E-state index in [2.05, 4.69) is 34.4 Å². The van der Waals surface area contributed by atoms with Crippen LogP contribution in [-0.2, 0) is 6.42 Å². The molecule has 0 aliphatic heterocycles. The minimum absolute atomic E-state index is 0.180. The first-order valence-electron chi connectivity index (χ1n) is 7.58. The lowest BCUT2D eigenvalue weighted by molar-refractivity contribution is 0.244. The maximum absolute atomic E-state index is 9.11. The molecule has 0 saturated heterocycles. The summed E-state index contributed by atoms with van der Waals surface area (Å²) in [6.07, 6.45) is 2.98. The number of hydrogen-bond acceptors (Lipinski definition) is 5. The van der Waals surface area contributed by atoms with Crippen molar-refractivity contribution >= 4 is 11.6 Å². The van der Waals surface area contributed by atoms with Gasteiger partial charge in [-0.15, -0.1) is 0 Å². The summed E-state index contributed by atoms with van der Waals surface area (Å²) in [7, 11) is 0. The number of aryl methyl sites for hydroxylation is 1. The molecule has 0 aromatic carbocycles. The smallest absolute Gasteiger partial charge is 0.134 e.